The van der Waals surface area contributed by atoms with Crippen molar-refractivity contribution < 1.29 is 9.90 Å². The molecule has 0 unspecified atom stereocenters. The summed E-state index contributed by atoms with van der Waals surface area (Å²) >= 11 is 11.6. The van der Waals surface area contributed by atoms with Gasteiger partial charge in [-0.2, -0.15) is 0 Å². The number of alkyl halides is 2. The Labute approximate surface area is 120 Å². The zero-order valence-electron chi connectivity index (χ0n) is 10.2. The average Bonchev–Trinajstić information content (AvgIpc) is 2.81. The van der Waals surface area contributed by atoms with Crippen molar-refractivity contribution in [3.8, 4) is 0 Å². The van der Waals surface area contributed by atoms with Crippen molar-refractivity contribution in [1.29, 1.82) is 0 Å². The van der Waals surface area contributed by atoms with Gasteiger partial charge in [0.25, 0.3) is 0 Å². The van der Waals surface area contributed by atoms with Crippen LogP contribution in [0.15, 0.2) is 24.4 Å². The van der Waals surface area contributed by atoms with E-state index in [1.807, 2.05) is 23.1 Å². The van der Waals surface area contributed by atoms with E-state index in [0.29, 0.717) is 30.2 Å². The SMILES string of the molecule is O=C(O)c1c[nH]c2ccc(N(CCCl)CCCl)cc12. The molecule has 0 amide bonds. The zero-order chi connectivity index (χ0) is 13.8. The lowest BCUT2D eigenvalue weighted by molar-refractivity contribution is 0.0699. The van der Waals surface area contributed by atoms with Crippen molar-refractivity contribution in [3.63, 3.8) is 0 Å². The number of fused-ring (bicyclic) bond motifs is 1. The van der Waals surface area contributed by atoms with Gasteiger partial charge in [-0.3, -0.25) is 0 Å². The van der Waals surface area contributed by atoms with Crippen LogP contribution < -0.4 is 4.90 Å². The Morgan fingerprint density at radius 3 is 2.53 bits per heavy atom. The third-order valence-electron chi connectivity index (χ3n) is 2.97. The molecule has 0 saturated carbocycles. The Morgan fingerprint density at radius 1 is 1.26 bits per heavy atom. The van der Waals surface area contributed by atoms with Crippen molar-refractivity contribution in [2.24, 2.45) is 0 Å². The fourth-order valence-electron chi connectivity index (χ4n) is 2.06. The van der Waals surface area contributed by atoms with Crippen LogP contribution in [0.25, 0.3) is 10.9 Å². The van der Waals surface area contributed by atoms with Crippen LogP contribution in [-0.2, 0) is 0 Å². The molecule has 6 heteroatoms. The Hall–Kier alpha value is -1.39. The minimum absolute atomic E-state index is 0.272. The number of benzene rings is 1. The lowest BCUT2D eigenvalue weighted by atomic mass is 10.1. The summed E-state index contributed by atoms with van der Waals surface area (Å²) < 4.78 is 0. The van der Waals surface area contributed by atoms with Crippen molar-refractivity contribution in [2.45, 2.75) is 0 Å². The number of aromatic carboxylic acids is 1. The minimum atomic E-state index is -0.940. The highest BCUT2D eigenvalue weighted by Gasteiger charge is 2.13. The Balaban J connectivity index is 2.43. The Morgan fingerprint density at radius 2 is 1.95 bits per heavy atom. The molecule has 0 aliphatic heterocycles. The van der Waals surface area contributed by atoms with Gasteiger partial charge in [0.05, 0.1) is 5.56 Å². The smallest absolute Gasteiger partial charge is 0.337 e. The zero-order valence-corrected chi connectivity index (χ0v) is 11.7. The molecule has 0 fully saturated rings. The summed E-state index contributed by atoms with van der Waals surface area (Å²) in [6.07, 6.45) is 1.50. The number of H-pyrrole nitrogens is 1. The van der Waals surface area contributed by atoms with Crippen molar-refractivity contribution in [1.82, 2.24) is 4.98 Å². The molecule has 0 radical (unpaired) electrons. The third-order valence-corrected chi connectivity index (χ3v) is 3.31. The molecule has 4 nitrogen and oxygen atoms in total. The number of aromatic nitrogens is 1. The van der Waals surface area contributed by atoms with Gasteiger partial charge in [0.15, 0.2) is 0 Å². The van der Waals surface area contributed by atoms with Crippen LogP contribution in [-0.4, -0.2) is 40.9 Å². The van der Waals surface area contributed by atoms with Gasteiger partial charge >= 0.3 is 5.97 Å². The first-order chi connectivity index (χ1) is 9.17. The predicted molar refractivity (Wildman–Crippen MR) is 78.9 cm³/mol. The number of halogens is 2. The second kappa shape index (κ2) is 6.17. The maximum absolute atomic E-state index is 11.1. The molecule has 0 aliphatic rings. The first kappa shape index (κ1) is 14.0. The van der Waals surface area contributed by atoms with Crippen LogP contribution >= 0.6 is 23.2 Å². The van der Waals surface area contributed by atoms with Crippen LogP contribution in [0.5, 0.6) is 0 Å². The van der Waals surface area contributed by atoms with E-state index < -0.39 is 5.97 Å². The fourth-order valence-corrected chi connectivity index (χ4v) is 2.46. The summed E-state index contributed by atoms with van der Waals surface area (Å²) in [5.74, 6) is 0.0476. The molecule has 1 aromatic carbocycles. The predicted octanol–water partition coefficient (Wildman–Crippen LogP) is 3.15. The highest BCUT2D eigenvalue weighted by atomic mass is 35.5. The van der Waals surface area contributed by atoms with Gasteiger partial charge in [-0.05, 0) is 18.2 Å². The number of hydrogen-bond donors (Lipinski definition) is 2. The molecule has 102 valence electrons. The Bertz CT molecular complexity index is 577. The summed E-state index contributed by atoms with van der Waals surface area (Å²) in [5.41, 5.74) is 2.00. The first-order valence-corrected chi connectivity index (χ1v) is 6.95. The van der Waals surface area contributed by atoms with E-state index in [0.717, 1.165) is 11.2 Å². The van der Waals surface area contributed by atoms with Crippen LogP contribution in [0.1, 0.15) is 10.4 Å². The molecule has 1 aromatic heterocycles. The molecule has 0 saturated heterocycles. The number of nitrogens with zero attached hydrogens (tertiary/aromatic N) is 1. The molecule has 2 aromatic rings. The molecule has 2 rings (SSSR count). The molecule has 0 spiro atoms. The van der Waals surface area contributed by atoms with Gasteiger partial charge < -0.3 is 15.0 Å². The van der Waals surface area contributed by atoms with E-state index in [-0.39, 0.29) is 5.56 Å². The van der Waals surface area contributed by atoms with Gasteiger partial charge in [-0.15, -0.1) is 23.2 Å². The highest BCUT2D eigenvalue weighted by molar-refractivity contribution is 6.18. The lowest BCUT2D eigenvalue weighted by Crippen LogP contribution is -2.27. The molecule has 0 bridgehead atoms. The second-order valence-electron chi connectivity index (χ2n) is 4.10. The van der Waals surface area contributed by atoms with E-state index in [9.17, 15) is 4.79 Å². The minimum Gasteiger partial charge on any atom is -0.478 e. The largest absolute Gasteiger partial charge is 0.478 e. The maximum Gasteiger partial charge on any atom is 0.337 e. The fraction of sp³-hybridized carbons (Fsp3) is 0.308. The maximum atomic E-state index is 11.1. The van der Waals surface area contributed by atoms with Gasteiger partial charge in [0, 0.05) is 47.6 Å². The van der Waals surface area contributed by atoms with Crippen LogP contribution in [0, 0.1) is 0 Å². The first-order valence-electron chi connectivity index (χ1n) is 5.88. The monoisotopic (exact) mass is 300 g/mol. The summed E-state index contributed by atoms with van der Waals surface area (Å²) in [7, 11) is 0. The molecular weight excluding hydrogens is 287 g/mol. The van der Waals surface area contributed by atoms with Gasteiger partial charge in [-0.1, -0.05) is 0 Å². The summed E-state index contributed by atoms with van der Waals surface area (Å²) in [5, 5.41) is 9.83. The standard InChI is InChI=1S/C13H14Cl2N2O2/c14-3-5-17(6-4-15)9-1-2-12-10(7-9)11(8-16-12)13(18)19/h1-2,7-8,16H,3-6H2,(H,18,19). The van der Waals surface area contributed by atoms with Gasteiger partial charge in [0.1, 0.15) is 0 Å². The molecule has 1 heterocycles. The van der Waals surface area contributed by atoms with Gasteiger partial charge in [-0.25, -0.2) is 4.79 Å². The number of carbonyl (C=O) groups is 1. The third kappa shape index (κ3) is 2.96. The highest BCUT2D eigenvalue weighted by Crippen LogP contribution is 2.25. The number of anilines is 1. The van der Waals surface area contributed by atoms with E-state index >= 15 is 0 Å². The topological polar surface area (TPSA) is 56.3 Å². The normalized spacial score (nSPS) is 10.8. The number of aromatic amines is 1. The van der Waals surface area contributed by atoms with Crippen LogP contribution in [0.2, 0.25) is 0 Å². The summed E-state index contributed by atoms with van der Waals surface area (Å²) in [4.78, 5) is 16.1. The van der Waals surface area contributed by atoms with E-state index in [1.54, 1.807) is 0 Å². The van der Waals surface area contributed by atoms with Crippen molar-refractivity contribution in [3.05, 3.63) is 30.0 Å². The van der Waals surface area contributed by atoms with Gasteiger partial charge in [0.2, 0.25) is 0 Å². The lowest BCUT2D eigenvalue weighted by Gasteiger charge is -2.22. The number of carboxylic acids is 1. The summed E-state index contributed by atoms with van der Waals surface area (Å²) in [6, 6.07) is 5.66. The average molecular weight is 301 g/mol. The second-order valence-corrected chi connectivity index (χ2v) is 4.86. The molecular formula is C13H14Cl2N2O2. The number of rotatable bonds is 6. The van der Waals surface area contributed by atoms with Crippen LogP contribution in [0.4, 0.5) is 5.69 Å². The Kier molecular flexibility index (Phi) is 4.56. The summed E-state index contributed by atoms with van der Waals surface area (Å²) in [6.45, 7) is 1.35. The molecule has 0 aliphatic carbocycles. The number of carboxylic acid groups (broad SMARTS) is 1. The van der Waals surface area contributed by atoms with Crippen molar-refractivity contribution >= 4 is 45.8 Å². The molecule has 2 N–H and O–H groups in total. The van der Waals surface area contributed by atoms with Crippen LogP contribution in [0.3, 0.4) is 0 Å². The quantitative estimate of drug-likeness (QED) is 0.806. The van der Waals surface area contributed by atoms with E-state index in [4.69, 9.17) is 28.3 Å². The van der Waals surface area contributed by atoms with E-state index in [2.05, 4.69) is 4.98 Å². The molecule has 19 heavy (non-hydrogen) atoms. The van der Waals surface area contributed by atoms with E-state index in [1.165, 1.54) is 6.20 Å². The molecule has 0 atom stereocenters. The number of hydrogen-bond acceptors (Lipinski definition) is 2. The van der Waals surface area contributed by atoms with Crippen molar-refractivity contribution in [2.75, 3.05) is 29.7 Å². The number of nitrogens with one attached hydrogen (secondary N) is 1.